The van der Waals surface area contributed by atoms with Gasteiger partial charge in [-0.2, -0.15) is 4.57 Å². The molecule has 3 aromatic rings. The molecule has 0 unspecified atom stereocenters. The quantitative estimate of drug-likeness (QED) is 0.629. The van der Waals surface area contributed by atoms with E-state index < -0.39 is 0 Å². The summed E-state index contributed by atoms with van der Waals surface area (Å²) in [5, 5.41) is 0. The van der Waals surface area contributed by atoms with Crippen LogP contribution in [0.5, 0.6) is 0 Å². The van der Waals surface area contributed by atoms with Crippen LogP contribution in [0.4, 0.5) is 0 Å². The first-order chi connectivity index (χ1) is 9.40. The van der Waals surface area contributed by atoms with Crippen LogP contribution in [0, 0.1) is 0 Å². The molecular weight excluding hydrogens is 232 g/mol. The van der Waals surface area contributed by atoms with Crippen LogP contribution in [0.15, 0.2) is 73.1 Å². The van der Waals surface area contributed by atoms with E-state index in [1.54, 1.807) is 0 Å². The molecule has 0 aliphatic heterocycles. The summed E-state index contributed by atoms with van der Waals surface area (Å²) in [5.74, 6) is 1.22. The highest BCUT2D eigenvalue weighted by Crippen LogP contribution is 2.19. The first-order valence-electron chi connectivity index (χ1n) is 6.62. The number of rotatable bonds is 3. The highest BCUT2D eigenvalue weighted by molar-refractivity contribution is 5.55. The molecule has 0 radical (unpaired) electrons. The predicted octanol–water partition coefficient (Wildman–Crippen LogP) is 3.45. The number of hydrogen-bond acceptors (Lipinski definition) is 0. The Morgan fingerprint density at radius 2 is 1.53 bits per heavy atom. The zero-order valence-corrected chi connectivity index (χ0v) is 11.0. The molecule has 0 aliphatic rings. The van der Waals surface area contributed by atoms with Crippen LogP contribution in [-0.2, 0) is 6.54 Å². The van der Waals surface area contributed by atoms with E-state index in [0.29, 0.717) is 0 Å². The van der Waals surface area contributed by atoms with Gasteiger partial charge in [0, 0.05) is 0 Å². The van der Waals surface area contributed by atoms with Crippen molar-refractivity contribution < 1.29 is 4.57 Å². The fraction of sp³-hybridized carbons (Fsp3) is 0.118. The number of hydrogen-bond donors (Lipinski definition) is 0. The molecule has 0 spiro atoms. The third-order valence-electron chi connectivity index (χ3n) is 3.30. The van der Waals surface area contributed by atoms with Gasteiger partial charge in [0.15, 0.2) is 0 Å². The van der Waals surface area contributed by atoms with E-state index in [2.05, 4.69) is 83.0 Å². The summed E-state index contributed by atoms with van der Waals surface area (Å²) in [7, 11) is 0. The van der Waals surface area contributed by atoms with Crippen LogP contribution >= 0.6 is 0 Å². The number of aromatic nitrogens is 2. The SMILES string of the molecule is CC[n+]1ccn(-c2ccccc2)c1-c1ccccc1. The minimum atomic E-state index is 0.962. The lowest BCUT2D eigenvalue weighted by Crippen LogP contribution is -2.33. The Hall–Kier alpha value is -2.35. The molecule has 94 valence electrons. The van der Waals surface area contributed by atoms with Gasteiger partial charge in [-0.15, -0.1) is 0 Å². The predicted molar refractivity (Wildman–Crippen MR) is 77.1 cm³/mol. The van der Waals surface area contributed by atoms with Gasteiger partial charge >= 0.3 is 0 Å². The van der Waals surface area contributed by atoms with Gasteiger partial charge in [-0.25, -0.2) is 4.57 Å². The van der Waals surface area contributed by atoms with E-state index in [1.807, 2.05) is 6.07 Å². The van der Waals surface area contributed by atoms with E-state index in [0.717, 1.165) is 6.54 Å². The molecule has 1 heterocycles. The second kappa shape index (κ2) is 5.11. The molecule has 1 aromatic heterocycles. The summed E-state index contributed by atoms with van der Waals surface area (Å²) in [5.41, 5.74) is 2.42. The van der Waals surface area contributed by atoms with E-state index in [9.17, 15) is 0 Å². The van der Waals surface area contributed by atoms with Gasteiger partial charge in [0.25, 0.3) is 5.82 Å². The molecule has 0 fully saturated rings. The van der Waals surface area contributed by atoms with Crippen molar-refractivity contribution in [2.75, 3.05) is 0 Å². The molecule has 2 nitrogen and oxygen atoms in total. The number of para-hydroxylation sites is 1. The molecule has 2 aromatic carbocycles. The lowest BCUT2D eigenvalue weighted by molar-refractivity contribution is -0.681. The molecule has 2 heteroatoms. The van der Waals surface area contributed by atoms with Crippen LogP contribution in [0.2, 0.25) is 0 Å². The average Bonchev–Trinajstić information content (AvgIpc) is 2.93. The maximum atomic E-state index is 2.27. The highest BCUT2D eigenvalue weighted by Gasteiger charge is 2.19. The third kappa shape index (κ3) is 2.17. The van der Waals surface area contributed by atoms with Crippen LogP contribution < -0.4 is 4.57 Å². The second-order valence-corrected chi connectivity index (χ2v) is 4.48. The fourth-order valence-corrected chi connectivity index (χ4v) is 2.37. The highest BCUT2D eigenvalue weighted by atomic mass is 15.1. The van der Waals surface area contributed by atoms with Crippen molar-refractivity contribution >= 4 is 0 Å². The van der Waals surface area contributed by atoms with Gasteiger partial charge in [0.05, 0.1) is 12.1 Å². The zero-order chi connectivity index (χ0) is 13.1. The van der Waals surface area contributed by atoms with Gasteiger partial charge in [-0.05, 0) is 31.2 Å². The van der Waals surface area contributed by atoms with Crippen LogP contribution in [-0.4, -0.2) is 4.57 Å². The second-order valence-electron chi connectivity index (χ2n) is 4.48. The molecule has 0 aliphatic carbocycles. The Morgan fingerprint density at radius 1 is 0.895 bits per heavy atom. The van der Waals surface area contributed by atoms with E-state index in [-0.39, 0.29) is 0 Å². The van der Waals surface area contributed by atoms with Gasteiger partial charge in [-0.3, -0.25) is 0 Å². The molecule has 19 heavy (non-hydrogen) atoms. The Kier molecular flexibility index (Phi) is 3.15. The monoisotopic (exact) mass is 249 g/mol. The Balaban J connectivity index is 2.20. The van der Waals surface area contributed by atoms with Crippen molar-refractivity contribution in [2.24, 2.45) is 0 Å². The topological polar surface area (TPSA) is 8.81 Å². The van der Waals surface area contributed by atoms with Crippen LogP contribution in [0.25, 0.3) is 17.1 Å². The standard InChI is InChI=1S/C17H17N2/c1-2-18-13-14-19(16-11-7-4-8-12-16)17(18)15-9-5-3-6-10-15/h3-14H,2H2,1H3/q+1. The molecule has 0 N–H and O–H groups in total. The fourth-order valence-electron chi connectivity index (χ4n) is 2.37. The van der Waals surface area contributed by atoms with Crippen molar-refractivity contribution in [1.82, 2.24) is 4.57 Å². The third-order valence-corrected chi connectivity index (χ3v) is 3.30. The first kappa shape index (κ1) is 11.7. The number of benzene rings is 2. The molecular formula is C17H17N2+. The summed E-state index contributed by atoms with van der Waals surface area (Å²) < 4.78 is 4.50. The van der Waals surface area contributed by atoms with Crippen molar-refractivity contribution in [3.05, 3.63) is 73.1 Å². The molecule has 0 amide bonds. The van der Waals surface area contributed by atoms with Gasteiger partial charge in [0.1, 0.15) is 18.1 Å². The van der Waals surface area contributed by atoms with Crippen molar-refractivity contribution in [2.45, 2.75) is 13.5 Å². The maximum Gasteiger partial charge on any atom is 0.294 e. The van der Waals surface area contributed by atoms with Gasteiger partial charge < -0.3 is 0 Å². The normalized spacial score (nSPS) is 10.6. The number of imidazole rings is 1. The summed E-state index contributed by atoms with van der Waals surface area (Å²) >= 11 is 0. The lowest BCUT2D eigenvalue weighted by atomic mass is 10.2. The van der Waals surface area contributed by atoms with Gasteiger partial charge in [-0.1, -0.05) is 36.4 Å². The minimum absolute atomic E-state index is 0.962. The van der Waals surface area contributed by atoms with Crippen LogP contribution in [0.1, 0.15) is 6.92 Å². The summed E-state index contributed by atoms with van der Waals surface area (Å²) in [6.45, 7) is 3.13. The lowest BCUT2D eigenvalue weighted by Gasteiger charge is -2.03. The first-order valence-corrected chi connectivity index (χ1v) is 6.62. The molecule has 0 atom stereocenters. The van der Waals surface area contributed by atoms with E-state index in [1.165, 1.54) is 17.1 Å². The average molecular weight is 249 g/mol. The number of nitrogens with zero attached hydrogens (tertiary/aromatic N) is 2. The maximum absolute atomic E-state index is 2.27. The molecule has 0 saturated heterocycles. The zero-order valence-electron chi connectivity index (χ0n) is 11.0. The molecule has 0 saturated carbocycles. The Bertz CT molecular complexity index is 654. The molecule has 3 rings (SSSR count). The number of aryl methyl sites for hydroxylation is 1. The van der Waals surface area contributed by atoms with Crippen molar-refractivity contribution in [1.29, 1.82) is 0 Å². The van der Waals surface area contributed by atoms with Crippen molar-refractivity contribution in [3.63, 3.8) is 0 Å². The van der Waals surface area contributed by atoms with Crippen LogP contribution in [0.3, 0.4) is 0 Å². The summed E-state index contributed by atoms with van der Waals surface area (Å²) in [4.78, 5) is 0. The van der Waals surface area contributed by atoms with E-state index in [4.69, 9.17) is 0 Å². The molecule has 0 bridgehead atoms. The summed E-state index contributed by atoms with van der Waals surface area (Å²) in [6.07, 6.45) is 4.26. The summed E-state index contributed by atoms with van der Waals surface area (Å²) in [6, 6.07) is 21.0. The van der Waals surface area contributed by atoms with Crippen molar-refractivity contribution in [3.8, 4) is 17.1 Å². The Morgan fingerprint density at radius 3 is 2.16 bits per heavy atom. The minimum Gasteiger partial charge on any atom is -0.230 e. The largest absolute Gasteiger partial charge is 0.294 e. The van der Waals surface area contributed by atoms with E-state index >= 15 is 0 Å². The smallest absolute Gasteiger partial charge is 0.230 e. The van der Waals surface area contributed by atoms with Gasteiger partial charge in [0.2, 0.25) is 0 Å². The Labute approximate surface area is 113 Å².